The first-order valence-electron chi connectivity index (χ1n) is 5.35. The summed E-state index contributed by atoms with van der Waals surface area (Å²) in [5.74, 6) is -1.69. The number of hydrogen-bond acceptors (Lipinski definition) is 4. The molecule has 92 valence electrons. The van der Waals surface area contributed by atoms with E-state index in [0.29, 0.717) is 5.56 Å². The molecule has 2 aromatic carbocycles. The number of aryl methyl sites for hydroxylation is 1. The van der Waals surface area contributed by atoms with Crippen LogP contribution in [0.3, 0.4) is 0 Å². The van der Waals surface area contributed by atoms with Gasteiger partial charge in [-0.05, 0) is 6.92 Å². The Morgan fingerprint density at radius 2 is 1.44 bits per heavy atom. The number of rotatable bonds is 2. The maximum Gasteiger partial charge on any atom is 0.200 e. The lowest BCUT2D eigenvalue weighted by Gasteiger charge is -2.07. The molecule has 0 aromatic heterocycles. The summed E-state index contributed by atoms with van der Waals surface area (Å²) in [6, 6.07) is 8.79. The van der Waals surface area contributed by atoms with Gasteiger partial charge < -0.3 is 15.3 Å². The Bertz CT molecular complexity index is 577. The van der Waals surface area contributed by atoms with Crippen LogP contribution >= 0.6 is 0 Å². The van der Waals surface area contributed by atoms with E-state index in [4.69, 9.17) is 0 Å². The van der Waals surface area contributed by atoms with Crippen LogP contribution in [0.15, 0.2) is 36.4 Å². The molecule has 0 atom stereocenters. The summed E-state index contributed by atoms with van der Waals surface area (Å²) in [5, 5.41) is 28.4. The molecule has 0 radical (unpaired) electrons. The molecule has 0 aliphatic carbocycles. The van der Waals surface area contributed by atoms with Gasteiger partial charge >= 0.3 is 0 Å². The number of ketones is 1. The zero-order valence-electron chi connectivity index (χ0n) is 9.71. The molecule has 0 aliphatic rings. The van der Waals surface area contributed by atoms with E-state index in [1.54, 1.807) is 24.3 Å². The Hall–Kier alpha value is -2.49. The van der Waals surface area contributed by atoms with Gasteiger partial charge in [0.2, 0.25) is 5.78 Å². The highest BCUT2D eigenvalue weighted by atomic mass is 16.3. The number of aromatic hydroxyl groups is 3. The van der Waals surface area contributed by atoms with Crippen LogP contribution in [0.5, 0.6) is 17.2 Å². The second kappa shape index (κ2) is 4.41. The zero-order chi connectivity index (χ0) is 13.3. The van der Waals surface area contributed by atoms with Gasteiger partial charge in [-0.2, -0.15) is 0 Å². The van der Waals surface area contributed by atoms with Crippen molar-refractivity contribution in [3.8, 4) is 17.2 Å². The molecule has 0 heterocycles. The summed E-state index contributed by atoms with van der Waals surface area (Å²) in [4.78, 5) is 12.1. The fourth-order valence-corrected chi connectivity index (χ4v) is 1.68. The van der Waals surface area contributed by atoms with E-state index in [0.717, 1.165) is 17.7 Å². The molecule has 0 amide bonds. The molecular formula is C14H12O4. The van der Waals surface area contributed by atoms with Gasteiger partial charge in [-0.3, -0.25) is 4.79 Å². The molecule has 4 nitrogen and oxygen atoms in total. The third-order valence-electron chi connectivity index (χ3n) is 2.62. The number of phenolic OH excluding ortho intramolecular Hbond substituents is 3. The molecule has 0 bridgehead atoms. The van der Waals surface area contributed by atoms with Gasteiger partial charge in [-0.25, -0.2) is 0 Å². The van der Waals surface area contributed by atoms with Crippen molar-refractivity contribution in [2.24, 2.45) is 0 Å². The molecule has 2 rings (SSSR count). The van der Waals surface area contributed by atoms with E-state index in [9.17, 15) is 20.1 Å². The summed E-state index contributed by atoms with van der Waals surface area (Å²) in [6.07, 6.45) is 0. The average molecular weight is 244 g/mol. The average Bonchev–Trinajstić information content (AvgIpc) is 2.28. The van der Waals surface area contributed by atoms with Crippen LogP contribution < -0.4 is 0 Å². The lowest BCUT2D eigenvalue weighted by atomic mass is 10.0. The molecule has 0 saturated heterocycles. The molecule has 0 saturated carbocycles. The smallest absolute Gasteiger partial charge is 0.200 e. The Labute approximate surface area is 104 Å². The largest absolute Gasteiger partial charge is 0.508 e. The second-order valence-electron chi connectivity index (χ2n) is 4.05. The van der Waals surface area contributed by atoms with Crippen molar-refractivity contribution >= 4 is 5.78 Å². The van der Waals surface area contributed by atoms with Crippen molar-refractivity contribution in [1.29, 1.82) is 0 Å². The number of hydrogen-bond donors (Lipinski definition) is 3. The minimum absolute atomic E-state index is 0.211. The lowest BCUT2D eigenvalue weighted by molar-refractivity contribution is 0.103. The van der Waals surface area contributed by atoms with Gasteiger partial charge in [0.1, 0.15) is 22.8 Å². The molecular weight excluding hydrogens is 232 g/mol. The normalized spacial score (nSPS) is 10.3. The third-order valence-corrected chi connectivity index (χ3v) is 2.62. The van der Waals surface area contributed by atoms with Gasteiger partial charge in [0.15, 0.2) is 0 Å². The first kappa shape index (κ1) is 12.0. The van der Waals surface area contributed by atoms with E-state index in [2.05, 4.69) is 0 Å². The monoisotopic (exact) mass is 244 g/mol. The highest BCUT2D eigenvalue weighted by Crippen LogP contribution is 2.33. The molecule has 3 N–H and O–H groups in total. The van der Waals surface area contributed by atoms with Crippen molar-refractivity contribution in [3.05, 3.63) is 53.1 Å². The van der Waals surface area contributed by atoms with Crippen LogP contribution in [-0.2, 0) is 0 Å². The predicted molar refractivity (Wildman–Crippen MR) is 66.0 cm³/mol. The van der Waals surface area contributed by atoms with Crippen molar-refractivity contribution < 1.29 is 20.1 Å². The molecule has 0 fully saturated rings. The molecule has 4 heteroatoms. The number of carbonyl (C=O) groups excluding carboxylic acids is 1. The van der Waals surface area contributed by atoms with E-state index >= 15 is 0 Å². The summed E-state index contributed by atoms with van der Waals surface area (Å²) < 4.78 is 0. The van der Waals surface area contributed by atoms with Crippen molar-refractivity contribution in [1.82, 2.24) is 0 Å². The second-order valence-corrected chi connectivity index (χ2v) is 4.05. The van der Waals surface area contributed by atoms with Gasteiger partial charge in [-0.1, -0.05) is 29.8 Å². The topological polar surface area (TPSA) is 77.8 Å². The molecule has 0 aliphatic heterocycles. The first-order valence-corrected chi connectivity index (χ1v) is 5.35. The van der Waals surface area contributed by atoms with E-state index in [1.807, 2.05) is 6.92 Å². The Morgan fingerprint density at radius 3 is 1.94 bits per heavy atom. The standard InChI is InChI=1S/C14H12O4/c1-8-2-4-9(5-3-8)14(18)13-11(16)6-10(15)7-12(13)17/h2-7,15-17H,1H3. The Balaban J connectivity index is 2.49. The third kappa shape index (κ3) is 2.13. The number of benzene rings is 2. The van der Waals surface area contributed by atoms with E-state index in [-0.39, 0.29) is 11.3 Å². The highest BCUT2D eigenvalue weighted by Gasteiger charge is 2.19. The molecule has 18 heavy (non-hydrogen) atoms. The van der Waals surface area contributed by atoms with Crippen molar-refractivity contribution in [2.75, 3.05) is 0 Å². The molecule has 0 spiro atoms. The van der Waals surface area contributed by atoms with Crippen LogP contribution in [0.4, 0.5) is 0 Å². The van der Waals surface area contributed by atoms with Crippen molar-refractivity contribution in [3.63, 3.8) is 0 Å². The fraction of sp³-hybridized carbons (Fsp3) is 0.0714. The van der Waals surface area contributed by atoms with Gasteiger partial charge in [0.05, 0.1) is 0 Å². The SMILES string of the molecule is Cc1ccc(C(=O)c2c(O)cc(O)cc2O)cc1. The predicted octanol–water partition coefficient (Wildman–Crippen LogP) is 2.34. The van der Waals surface area contributed by atoms with Gasteiger partial charge in [0, 0.05) is 17.7 Å². The van der Waals surface area contributed by atoms with Crippen LogP contribution in [0.2, 0.25) is 0 Å². The molecule has 2 aromatic rings. The fourth-order valence-electron chi connectivity index (χ4n) is 1.68. The van der Waals surface area contributed by atoms with Crippen molar-refractivity contribution in [2.45, 2.75) is 6.92 Å². The summed E-state index contributed by atoms with van der Waals surface area (Å²) in [6.45, 7) is 1.89. The number of phenols is 3. The maximum atomic E-state index is 12.1. The summed E-state index contributed by atoms with van der Waals surface area (Å²) >= 11 is 0. The zero-order valence-corrected chi connectivity index (χ0v) is 9.71. The van der Waals surface area contributed by atoms with E-state index in [1.165, 1.54) is 0 Å². The van der Waals surface area contributed by atoms with Gasteiger partial charge in [0.25, 0.3) is 0 Å². The van der Waals surface area contributed by atoms with Crippen LogP contribution in [-0.4, -0.2) is 21.1 Å². The van der Waals surface area contributed by atoms with Gasteiger partial charge in [-0.15, -0.1) is 0 Å². The minimum atomic E-state index is -0.495. The molecule has 0 unspecified atom stereocenters. The van der Waals surface area contributed by atoms with Crippen LogP contribution in [0, 0.1) is 6.92 Å². The quantitative estimate of drug-likeness (QED) is 0.708. The Morgan fingerprint density at radius 1 is 0.944 bits per heavy atom. The van der Waals surface area contributed by atoms with Crippen LogP contribution in [0.1, 0.15) is 21.5 Å². The summed E-state index contributed by atoms with van der Waals surface area (Å²) in [5.41, 5.74) is 1.15. The van der Waals surface area contributed by atoms with E-state index < -0.39 is 17.3 Å². The summed E-state index contributed by atoms with van der Waals surface area (Å²) in [7, 11) is 0. The number of carbonyl (C=O) groups is 1. The van der Waals surface area contributed by atoms with Crippen LogP contribution in [0.25, 0.3) is 0 Å². The minimum Gasteiger partial charge on any atom is -0.508 e. The lowest BCUT2D eigenvalue weighted by Crippen LogP contribution is -2.02. The Kier molecular flexibility index (Phi) is 2.93. The maximum absolute atomic E-state index is 12.1. The first-order chi connectivity index (χ1) is 8.49. The highest BCUT2D eigenvalue weighted by molar-refractivity contribution is 6.12.